The summed E-state index contributed by atoms with van der Waals surface area (Å²) in [7, 11) is 10.7. The molecule has 1 aliphatic rings. The molecule has 0 radical (unpaired) electrons. The first-order chi connectivity index (χ1) is 46.3. The fraction of sp³-hybridized carbons (Fsp3) is 0.556. The minimum atomic E-state index is -0.861. The minimum Gasteiger partial charge on any atom is -0.394 e. The number of aliphatic hydroxyl groups excluding tert-OH is 1. The van der Waals surface area contributed by atoms with Gasteiger partial charge >= 0.3 is 0 Å². The Labute approximate surface area is 617 Å². The van der Waals surface area contributed by atoms with Crippen LogP contribution in [0.2, 0.25) is 0 Å². The second-order valence-corrected chi connectivity index (χ2v) is 16.5. The third-order valence-electron chi connectivity index (χ3n) is 8.56. The highest BCUT2D eigenvalue weighted by molar-refractivity contribution is 5.94. The molecule has 3 atom stereocenters. The number of aryl methyl sites for hydroxylation is 1. The van der Waals surface area contributed by atoms with E-state index in [-0.39, 0.29) is 61.0 Å². The maximum atomic E-state index is 13.9. The molecule has 3 aromatic rings. The SMILES string of the molecule is C=O.C=O.C=O.C=O.C=O.C=O.C=O.C=O.C=O.C=O.CC.CC.CC.CC.CC(=O)N(C)[C@@H](Cc1ccccc1)C(=O)N(C)[C@@H](Cc1ccccc1)C(=O)N[C@@H](C)C(=O)N1CCCCC1.CC(C)C.CC(C)C.CC(C)O.CCc1ccccc1.CN.CN.CN.CN.CN.N.N.N.N.N. The molecule has 1 heterocycles. The van der Waals surface area contributed by atoms with Gasteiger partial charge in [0, 0.05) is 53.1 Å². The summed E-state index contributed by atoms with van der Waals surface area (Å²) in [6.45, 7) is 59.1. The molecule has 29 heteroatoms. The van der Waals surface area contributed by atoms with Crippen LogP contribution in [0.3, 0.4) is 0 Å². The van der Waals surface area contributed by atoms with Gasteiger partial charge in [-0.2, -0.15) is 0 Å². The third-order valence-corrected chi connectivity index (χ3v) is 8.56. The highest BCUT2D eigenvalue weighted by atomic mass is 16.3. The van der Waals surface area contributed by atoms with Gasteiger partial charge in [0.1, 0.15) is 86.0 Å². The Morgan fingerprint density at radius 2 is 0.624 bits per heavy atom. The normalized spacial score (nSPS) is 8.60. The van der Waals surface area contributed by atoms with Gasteiger partial charge in [0.25, 0.3) is 0 Å². The van der Waals surface area contributed by atoms with Gasteiger partial charge in [0.2, 0.25) is 23.6 Å². The van der Waals surface area contributed by atoms with E-state index < -0.39 is 24.0 Å². The highest BCUT2D eigenvalue weighted by Gasteiger charge is 2.35. The lowest BCUT2D eigenvalue weighted by Crippen LogP contribution is -2.58. The van der Waals surface area contributed by atoms with E-state index in [2.05, 4.69) is 107 Å². The summed E-state index contributed by atoms with van der Waals surface area (Å²) in [6.07, 6.45) is 4.61. The molecule has 4 rings (SSSR count). The number of likely N-dealkylation sites (tertiary alicyclic amines) is 1. The summed E-state index contributed by atoms with van der Waals surface area (Å²) in [5, 5.41) is 10.9. The van der Waals surface area contributed by atoms with Crippen molar-refractivity contribution in [2.45, 2.75) is 194 Å². The largest absolute Gasteiger partial charge is 0.394 e. The molecule has 610 valence electrons. The summed E-state index contributed by atoms with van der Waals surface area (Å²) in [4.78, 5) is 137. The molecule has 0 spiro atoms. The predicted octanol–water partition coefficient (Wildman–Crippen LogP) is 9.56. The summed E-state index contributed by atoms with van der Waals surface area (Å²) in [6, 6.07) is 27.1. The molecule has 101 heavy (non-hydrogen) atoms. The lowest BCUT2D eigenvalue weighted by Gasteiger charge is -2.35. The molecule has 1 aliphatic heterocycles. The highest BCUT2D eigenvalue weighted by Crippen LogP contribution is 2.16. The number of carbonyl (C=O) groups excluding carboxylic acids is 14. The van der Waals surface area contributed by atoms with E-state index in [1.54, 1.807) is 39.8 Å². The quantitative estimate of drug-likeness (QED) is 0.0849. The van der Waals surface area contributed by atoms with Crippen molar-refractivity contribution in [3.63, 3.8) is 0 Å². The van der Waals surface area contributed by atoms with Gasteiger partial charge in [0.05, 0.1) is 0 Å². The molecule has 0 saturated carbocycles. The molecule has 0 aliphatic carbocycles. The molecule has 0 unspecified atom stereocenters. The van der Waals surface area contributed by atoms with Crippen LogP contribution in [0.15, 0.2) is 91.0 Å². The number of nitrogens with zero attached hydrogens (tertiary/aromatic N) is 3. The topological polar surface area (TPSA) is 586 Å². The molecule has 3 aromatic carbocycles. The number of likely N-dealkylation sites (N-methyl/N-ethyl adjacent to an activating group) is 2. The smallest absolute Gasteiger partial charge is 0.246 e. The fourth-order valence-electron chi connectivity index (χ4n) is 5.55. The number of hydrogen-bond donors (Lipinski definition) is 12. The van der Waals surface area contributed by atoms with Gasteiger partial charge in [-0.1, -0.05) is 195 Å². The Morgan fingerprint density at radius 1 is 0.416 bits per heavy atom. The number of piperidine rings is 1. The van der Waals surface area contributed by atoms with Crippen molar-refractivity contribution in [2.75, 3.05) is 62.4 Å². The van der Waals surface area contributed by atoms with Crippen LogP contribution in [0.5, 0.6) is 0 Å². The fourth-order valence-corrected chi connectivity index (χ4v) is 5.55. The van der Waals surface area contributed by atoms with Crippen LogP contribution in [0.4, 0.5) is 0 Å². The number of carbonyl (C=O) groups is 14. The van der Waals surface area contributed by atoms with Crippen LogP contribution in [-0.2, 0) is 86.4 Å². The van der Waals surface area contributed by atoms with E-state index in [1.807, 2.05) is 190 Å². The van der Waals surface area contributed by atoms with E-state index in [1.165, 1.54) is 57.5 Å². The van der Waals surface area contributed by atoms with E-state index in [9.17, 15) is 19.2 Å². The summed E-state index contributed by atoms with van der Waals surface area (Å²) in [5.74, 6) is 0.588. The molecular weight excluding hydrogens is 1300 g/mol. The van der Waals surface area contributed by atoms with Gasteiger partial charge in [-0.3, -0.25) is 19.2 Å². The number of benzene rings is 3. The lowest BCUT2D eigenvalue weighted by molar-refractivity contribution is -0.147. The molecular formula is C72H162N14O15. The number of rotatable bonds is 11. The molecule has 0 bridgehead atoms. The Hall–Kier alpha value is -8.20. The van der Waals surface area contributed by atoms with Gasteiger partial charge < -0.3 is 132 Å². The van der Waals surface area contributed by atoms with Crippen LogP contribution < -0.4 is 64.7 Å². The Balaban J connectivity index is -0.0000000332. The van der Waals surface area contributed by atoms with E-state index in [0.29, 0.717) is 19.5 Å². The number of nitrogens with one attached hydrogen (secondary N) is 1. The molecule has 29 nitrogen and oxygen atoms in total. The van der Waals surface area contributed by atoms with Crippen LogP contribution >= 0.6 is 0 Å². The van der Waals surface area contributed by atoms with Gasteiger partial charge in [-0.05, 0) is 110 Å². The molecule has 1 fully saturated rings. The van der Waals surface area contributed by atoms with E-state index in [0.717, 1.165) is 48.6 Å². The summed E-state index contributed by atoms with van der Waals surface area (Å²) in [5.41, 5.74) is 25.7. The number of amides is 4. The van der Waals surface area contributed by atoms with Crippen LogP contribution in [-0.4, -0.2) is 198 Å². The van der Waals surface area contributed by atoms with Crippen molar-refractivity contribution in [2.24, 2.45) is 40.5 Å². The zero-order chi connectivity index (χ0) is 82.2. The summed E-state index contributed by atoms with van der Waals surface area (Å²) < 4.78 is 0. The zero-order valence-electron chi connectivity index (χ0n) is 68.8. The van der Waals surface area contributed by atoms with Crippen molar-refractivity contribution in [1.29, 1.82) is 0 Å². The molecule has 0 aromatic heterocycles. The average Bonchev–Trinajstić information content (AvgIpc) is 0.825. The van der Waals surface area contributed by atoms with Gasteiger partial charge in [-0.25, -0.2) is 0 Å². The number of hydrogen-bond acceptors (Lipinski definition) is 25. The van der Waals surface area contributed by atoms with Crippen LogP contribution in [0.1, 0.15) is 168 Å². The second kappa shape index (κ2) is 186. The molecule has 4 amide bonds. The Morgan fingerprint density at radius 3 is 0.822 bits per heavy atom. The first kappa shape index (κ1) is 170. The van der Waals surface area contributed by atoms with Crippen molar-refractivity contribution in [1.82, 2.24) is 50.8 Å². The first-order valence-corrected chi connectivity index (χ1v) is 31.0. The van der Waals surface area contributed by atoms with E-state index >= 15 is 0 Å². The minimum absolute atomic E-state index is 0. The van der Waals surface area contributed by atoms with Crippen molar-refractivity contribution in [3.8, 4) is 0 Å². The van der Waals surface area contributed by atoms with Crippen LogP contribution in [0.25, 0.3) is 0 Å². The van der Waals surface area contributed by atoms with Crippen molar-refractivity contribution < 1.29 is 72.2 Å². The van der Waals surface area contributed by atoms with Crippen molar-refractivity contribution >= 4 is 91.5 Å². The van der Waals surface area contributed by atoms with Crippen molar-refractivity contribution in [3.05, 3.63) is 108 Å². The van der Waals surface area contributed by atoms with Gasteiger partial charge in [-0.15, -0.1) is 0 Å². The standard InChI is InChI=1S/C30H40N4O4.C8H10.2C4H10.C3H8O.4C2H6.5CH5N.10CH2O.5H3N/c1-22(29(37)34-18-12-7-13-19-34)31-28(36)26(20-24-14-8-5-9-15-24)33(4)30(38)27(32(3)23(2)35)21-25-16-10-6-11-17-25;1-2-8-6-4-3-5-7-8;2*1-4(2)3;1-3(2)4;19*1-2;;;;;/h5-6,8-11,14-17,22,26-27H,7,12-13,18-21H2,1-4H3,(H,31,36);3-7H,2H2,1H3;2*4H,1-3H3;3-4H,1-2H3;4*1-2H3;5*2H2,1H3;10*1H2;5*1H3/t22-,26-,27-;;;;;;;;;;;;;;;;;;;;;;;;;;;;/m0............................/s1. The third kappa shape index (κ3) is 152. The Kier molecular flexibility index (Phi) is 313. The zero-order valence-corrected chi connectivity index (χ0v) is 68.8. The molecule has 1 saturated heterocycles. The number of nitrogens with two attached hydrogens (primary N) is 5. The second-order valence-electron chi connectivity index (χ2n) is 16.5. The predicted molar refractivity (Wildman–Crippen MR) is 434 cm³/mol. The molecule has 27 N–H and O–H groups in total. The van der Waals surface area contributed by atoms with E-state index in [4.69, 9.17) is 53.1 Å². The maximum absolute atomic E-state index is 13.9. The first-order valence-electron chi connectivity index (χ1n) is 31.0. The number of aliphatic hydroxyl groups is 1. The Bertz CT molecular complexity index is 1710. The maximum Gasteiger partial charge on any atom is 0.246 e. The summed E-state index contributed by atoms with van der Waals surface area (Å²) >= 11 is 0. The van der Waals surface area contributed by atoms with Gasteiger partial charge in [0.15, 0.2) is 0 Å². The average molecular weight is 1460 g/mol. The monoisotopic (exact) mass is 1460 g/mol. The van der Waals surface area contributed by atoms with Crippen LogP contribution in [0, 0.1) is 11.8 Å². The lowest BCUT2D eigenvalue weighted by atomic mass is 10.00.